The Kier molecular flexibility index (Phi) is 8.52. The van der Waals surface area contributed by atoms with Crippen molar-refractivity contribution in [1.29, 1.82) is 0 Å². The topological polar surface area (TPSA) is 146 Å². The van der Waals surface area contributed by atoms with Crippen molar-refractivity contribution in [2.45, 2.75) is 56.6 Å². The lowest BCUT2D eigenvalue weighted by atomic mass is 10.0. The Morgan fingerprint density at radius 3 is 1.83 bits per heavy atom. The van der Waals surface area contributed by atoms with Crippen LogP contribution in [0, 0.1) is 0 Å². The number of nitrogens with zero attached hydrogens (tertiary/aromatic N) is 4. The molecule has 47 heavy (non-hydrogen) atoms. The molecule has 5 aromatic rings. The number of likely N-dealkylation sites (tertiary alicyclic amines) is 2. The van der Waals surface area contributed by atoms with Crippen LogP contribution in [0.1, 0.15) is 53.3 Å². The zero-order valence-electron chi connectivity index (χ0n) is 26.4. The molecule has 12 heteroatoms. The first-order valence-corrected chi connectivity index (χ1v) is 15.9. The number of hydrogen-bond donors (Lipinski definition) is 3. The van der Waals surface area contributed by atoms with Crippen LogP contribution in [0.15, 0.2) is 66.7 Å². The molecule has 2 saturated heterocycles. The Morgan fingerprint density at radius 2 is 1.30 bits per heavy atom. The van der Waals surface area contributed by atoms with Crippen LogP contribution in [-0.4, -0.2) is 86.5 Å². The maximum absolute atomic E-state index is 13.1. The molecule has 0 saturated carbocycles. The molecule has 0 bridgehead atoms. The van der Waals surface area contributed by atoms with Gasteiger partial charge in [-0.05, 0) is 53.8 Å². The highest BCUT2D eigenvalue weighted by Gasteiger charge is 2.40. The van der Waals surface area contributed by atoms with Crippen LogP contribution in [0.3, 0.4) is 0 Å². The van der Waals surface area contributed by atoms with Gasteiger partial charge in [0, 0.05) is 27.1 Å². The molecule has 2 aliphatic rings. The molecule has 0 radical (unpaired) electrons. The van der Waals surface area contributed by atoms with Gasteiger partial charge in [-0.1, -0.05) is 42.5 Å². The van der Waals surface area contributed by atoms with Gasteiger partial charge < -0.3 is 29.3 Å². The predicted molar refractivity (Wildman–Crippen MR) is 174 cm³/mol. The number of fused-ring (bicyclic) bond motifs is 2. The fraction of sp³-hybridized carbons (Fsp3) is 0.371. The monoisotopic (exact) mass is 638 g/mol. The standard InChI is InChI=1S/C35H38N6O6/c1-45-24-16-30(40(18-24)34(42)43)32-36-26-12-10-21(14-28(26)38-32)8-9-22-11-13-27-29(15-22)39-33(37-27)31-17-25(46-2)19-41(31)35(44)47-20-23-6-4-3-5-7-23/h3-7,10-15,24-25,30-31H,8-9,16-20H2,1-2H3,(H,36,38)(H,37,39)(H,42,43)/t24-,25-,30+,31+/m1/s1. The van der Waals surface area contributed by atoms with Crippen LogP contribution in [0.25, 0.3) is 22.1 Å². The van der Waals surface area contributed by atoms with Crippen molar-refractivity contribution in [2.75, 3.05) is 27.3 Å². The Morgan fingerprint density at radius 1 is 0.766 bits per heavy atom. The van der Waals surface area contributed by atoms with Crippen LogP contribution < -0.4 is 0 Å². The van der Waals surface area contributed by atoms with E-state index in [4.69, 9.17) is 24.2 Å². The van der Waals surface area contributed by atoms with Crippen LogP contribution >= 0.6 is 0 Å². The summed E-state index contributed by atoms with van der Waals surface area (Å²) in [6, 6.07) is 21.3. The summed E-state index contributed by atoms with van der Waals surface area (Å²) >= 11 is 0. The Balaban J connectivity index is 1.03. The van der Waals surface area contributed by atoms with Gasteiger partial charge in [-0.25, -0.2) is 19.6 Å². The predicted octanol–water partition coefficient (Wildman–Crippen LogP) is 5.76. The Hall–Kier alpha value is -4.94. The maximum Gasteiger partial charge on any atom is 0.410 e. The first-order valence-electron chi connectivity index (χ1n) is 15.9. The van der Waals surface area contributed by atoms with Gasteiger partial charge >= 0.3 is 12.2 Å². The van der Waals surface area contributed by atoms with Gasteiger partial charge in [-0.3, -0.25) is 9.80 Å². The molecule has 244 valence electrons. The smallest absolute Gasteiger partial charge is 0.410 e. The van der Waals surface area contributed by atoms with Gasteiger partial charge in [0.15, 0.2) is 0 Å². The molecule has 2 amide bonds. The highest BCUT2D eigenvalue weighted by atomic mass is 16.6. The molecular weight excluding hydrogens is 600 g/mol. The minimum atomic E-state index is -0.974. The molecule has 2 aliphatic heterocycles. The van der Waals surface area contributed by atoms with Crippen LogP contribution in [-0.2, 0) is 33.7 Å². The summed E-state index contributed by atoms with van der Waals surface area (Å²) in [6.07, 6.45) is 1.21. The minimum Gasteiger partial charge on any atom is -0.465 e. The fourth-order valence-corrected chi connectivity index (χ4v) is 6.74. The number of aromatic nitrogens is 4. The van der Waals surface area contributed by atoms with E-state index in [9.17, 15) is 14.7 Å². The lowest BCUT2D eigenvalue weighted by Crippen LogP contribution is -2.32. The van der Waals surface area contributed by atoms with E-state index in [1.807, 2.05) is 42.5 Å². The van der Waals surface area contributed by atoms with Crippen molar-refractivity contribution in [3.05, 3.63) is 95.1 Å². The number of carbonyl (C=O) groups is 2. The van der Waals surface area contributed by atoms with E-state index in [2.05, 4.69) is 34.2 Å². The van der Waals surface area contributed by atoms with Gasteiger partial charge in [0.25, 0.3) is 0 Å². The molecule has 4 atom stereocenters. The van der Waals surface area contributed by atoms with Gasteiger partial charge in [0.2, 0.25) is 0 Å². The summed E-state index contributed by atoms with van der Waals surface area (Å²) in [5.74, 6) is 1.36. The number of aromatic amines is 2. The summed E-state index contributed by atoms with van der Waals surface area (Å²) < 4.78 is 16.7. The molecule has 12 nitrogen and oxygen atoms in total. The highest BCUT2D eigenvalue weighted by molar-refractivity contribution is 5.77. The third-order valence-electron chi connectivity index (χ3n) is 9.34. The van der Waals surface area contributed by atoms with Gasteiger partial charge in [-0.2, -0.15) is 0 Å². The van der Waals surface area contributed by atoms with E-state index in [-0.39, 0.29) is 37.0 Å². The maximum atomic E-state index is 13.1. The largest absolute Gasteiger partial charge is 0.465 e. The third-order valence-corrected chi connectivity index (χ3v) is 9.34. The number of carbonyl (C=O) groups excluding carboxylic acids is 1. The molecule has 7 rings (SSSR count). The zero-order chi connectivity index (χ0) is 32.5. The SMILES string of the molecule is CO[C@@H]1C[C@@H](c2nc3ccc(CCc4ccc5nc([C@@H]6C[C@@H](OC)CN6C(=O)OCc6ccccc6)[nH]c5c4)cc3[nH]2)N(C(=O)O)C1. The Bertz CT molecular complexity index is 1890. The normalized spacial score (nSPS) is 21.2. The number of nitrogens with one attached hydrogen (secondary N) is 2. The minimum absolute atomic E-state index is 0.104. The summed E-state index contributed by atoms with van der Waals surface area (Å²) in [6.45, 7) is 0.970. The van der Waals surface area contributed by atoms with Crippen molar-refractivity contribution >= 4 is 34.3 Å². The zero-order valence-corrected chi connectivity index (χ0v) is 26.4. The second kappa shape index (κ2) is 13.0. The van der Waals surface area contributed by atoms with E-state index in [0.717, 1.165) is 57.4 Å². The summed E-state index contributed by atoms with van der Waals surface area (Å²) in [5.41, 5.74) is 6.69. The van der Waals surface area contributed by atoms with E-state index < -0.39 is 6.09 Å². The molecule has 4 heterocycles. The summed E-state index contributed by atoms with van der Waals surface area (Å²) in [5, 5.41) is 9.68. The van der Waals surface area contributed by atoms with E-state index >= 15 is 0 Å². The molecule has 0 unspecified atom stereocenters. The summed E-state index contributed by atoms with van der Waals surface area (Å²) in [7, 11) is 3.27. The average Bonchev–Trinajstić information content (AvgIpc) is 3.89. The second-order valence-electron chi connectivity index (χ2n) is 12.3. The van der Waals surface area contributed by atoms with Crippen molar-refractivity contribution in [2.24, 2.45) is 0 Å². The number of H-pyrrole nitrogens is 2. The number of benzene rings is 3. The molecular formula is C35H38N6O6. The quantitative estimate of drug-likeness (QED) is 0.185. The molecule has 3 aromatic carbocycles. The van der Waals surface area contributed by atoms with Crippen molar-refractivity contribution in [3.8, 4) is 0 Å². The molecule has 3 N–H and O–H groups in total. The van der Waals surface area contributed by atoms with Gasteiger partial charge in [-0.15, -0.1) is 0 Å². The Labute approximate surface area is 271 Å². The number of ether oxygens (including phenoxy) is 3. The number of carboxylic acid groups (broad SMARTS) is 1. The lowest BCUT2D eigenvalue weighted by Gasteiger charge is -2.22. The van der Waals surface area contributed by atoms with Crippen LogP contribution in [0.4, 0.5) is 9.59 Å². The molecule has 0 spiro atoms. The number of amides is 2. The highest BCUT2D eigenvalue weighted by Crippen LogP contribution is 2.35. The van der Waals surface area contributed by atoms with Gasteiger partial charge in [0.05, 0.1) is 59.4 Å². The molecule has 2 fully saturated rings. The molecule has 2 aromatic heterocycles. The van der Waals surface area contributed by atoms with E-state index in [1.165, 1.54) is 4.90 Å². The first kappa shape index (κ1) is 30.7. The van der Waals surface area contributed by atoms with Crippen LogP contribution in [0.5, 0.6) is 0 Å². The summed E-state index contributed by atoms with van der Waals surface area (Å²) in [4.78, 5) is 44.4. The van der Waals surface area contributed by atoms with E-state index in [1.54, 1.807) is 19.1 Å². The number of methoxy groups -OCH3 is 2. The average molecular weight is 639 g/mol. The fourth-order valence-electron chi connectivity index (χ4n) is 6.74. The molecule has 0 aliphatic carbocycles. The van der Waals surface area contributed by atoms with Crippen molar-refractivity contribution in [3.63, 3.8) is 0 Å². The van der Waals surface area contributed by atoms with Crippen molar-refractivity contribution in [1.82, 2.24) is 29.7 Å². The third kappa shape index (κ3) is 6.38. The van der Waals surface area contributed by atoms with E-state index in [0.29, 0.717) is 31.8 Å². The van der Waals surface area contributed by atoms with Crippen molar-refractivity contribution < 1.29 is 28.9 Å². The number of rotatable bonds is 9. The number of imidazole rings is 2. The number of aryl methyl sites for hydroxylation is 2. The second-order valence-corrected chi connectivity index (χ2v) is 12.3. The number of hydrogen-bond acceptors (Lipinski definition) is 7. The van der Waals surface area contributed by atoms with Crippen LogP contribution in [0.2, 0.25) is 0 Å². The first-order chi connectivity index (χ1) is 22.9. The lowest BCUT2D eigenvalue weighted by molar-refractivity contribution is 0.0795. The van der Waals surface area contributed by atoms with Gasteiger partial charge in [0.1, 0.15) is 18.3 Å².